The van der Waals surface area contributed by atoms with Gasteiger partial charge < -0.3 is 9.72 Å². The van der Waals surface area contributed by atoms with Crippen LogP contribution in [0.1, 0.15) is 17.1 Å². The minimum Gasteiger partial charge on any atom is -0.489 e. The summed E-state index contributed by atoms with van der Waals surface area (Å²) in [7, 11) is 0. The van der Waals surface area contributed by atoms with Gasteiger partial charge in [-0.1, -0.05) is 24.4 Å². The molecule has 2 aliphatic heterocycles. The highest BCUT2D eigenvalue weighted by atomic mass is 32.1. The number of halogens is 3. The van der Waals surface area contributed by atoms with Crippen LogP contribution in [0, 0.1) is 11.6 Å². The van der Waals surface area contributed by atoms with Gasteiger partial charge in [0.05, 0.1) is 0 Å². The van der Waals surface area contributed by atoms with E-state index in [1.807, 2.05) is 12.1 Å². The monoisotopic (exact) mass is 300 g/mol. The number of aromatic amines is 1. The lowest BCUT2D eigenvalue weighted by Gasteiger charge is -2.11. The van der Waals surface area contributed by atoms with Crippen LogP contribution in [-0.4, -0.2) is 9.97 Å². The highest BCUT2D eigenvalue weighted by Crippen LogP contribution is 2.27. The summed E-state index contributed by atoms with van der Waals surface area (Å²) in [4.78, 5) is 5.69. The van der Waals surface area contributed by atoms with E-state index in [4.69, 9.17) is 4.74 Å². The van der Waals surface area contributed by atoms with Crippen molar-refractivity contribution in [3.8, 4) is 5.75 Å². The van der Waals surface area contributed by atoms with E-state index in [2.05, 4.69) is 34.3 Å². The first kappa shape index (κ1) is 14.5. The van der Waals surface area contributed by atoms with Crippen LogP contribution in [0.3, 0.4) is 0 Å². The first-order chi connectivity index (χ1) is 9.34. The molecule has 1 aromatic carbocycles. The molecule has 0 saturated carbocycles. The molecule has 20 heavy (non-hydrogen) atoms. The minimum atomic E-state index is -4.39. The first-order valence-electron chi connectivity index (χ1n) is 5.71. The van der Waals surface area contributed by atoms with Crippen LogP contribution in [0.15, 0.2) is 30.3 Å². The van der Waals surface area contributed by atoms with E-state index in [1.54, 1.807) is 0 Å². The third-order valence-electron chi connectivity index (χ3n) is 2.50. The number of benzene rings is 1. The van der Waals surface area contributed by atoms with E-state index in [-0.39, 0.29) is 10.5 Å². The quantitative estimate of drug-likeness (QED) is 0.746. The van der Waals surface area contributed by atoms with Crippen molar-refractivity contribution in [3.05, 3.63) is 52.1 Å². The van der Waals surface area contributed by atoms with Gasteiger partial charge in [0.2, 0.25) is 0 Å². The van der Waals surface area contributed by atoms with Gasteiger partial charge in [-0.3, -0.25) is 0 Å². The van der Waals surface area contributed by atoms with Crippen molar-refractivity contribution in [2.24, 2.45) is 0 Å². The zero-order chi connectivity index (χ0) is 14.8. The molecule has 4 rings (SSSR count). The van der Waals surface area contributed by atoms with E-state index in [9.17, 15) is 13.2 Å². The Kier molecular flexibility index (Phi) is 4.08. The summed E-state index contributed by atoms with van der Waals surface area (Å²) in [6, 6.07) is 8.93. The molecule has 0 aliphatic carbocycles. The Balaban J connectivity index is 0.000000157. The van der Waals surface area contributed by atoms with Crippen LogP contribution in [0.2, 0.25) is 0 Å². The van der Waals surface area contributed by atoms with E-state index in [0.717, 1.165) is 18.4 Å². The number of aryl methyl sites for hydroxylation is 1. The summed E-state index contributed by atoms with van der Waals surface area (Å²) < 4.78 is 41.3. The summed E-state index contributed by atoms with van der Waals surface area (Å²) in [5, 5.41) is 0. The Morgan fingerprint density at radius 3 is 2.20 bits per heavy atom. The zero-order valence-corrected chi connectivity index (χ0v) is 11.3. The predicted octanol–water partition coefficient (Wildman–Crippen LogP) is 4.05. The molecular weight excluding hydrogens is 289 g/mol. The molecule has 106 valence electrons. The molecule has 3 nitrogen and oxygen atoms in total. The summed E-state index contributed by atoms with van der Waals surface area (Å²) in [6.45, 7) is 2.19. The van der Waals surface area contributed by atoms with Crippen LogP contribution in [0.25, 0.3) is 0 Å². The molecule has 2 aromatic rings. The van der Waals surface area contributed by atoms with Gasteiger partial charge in [0.25, 0.3) is 0 Å². The lowest BCUT2D eigenvalue weighted by molar-refractivity contribution is -0.141. The maximum Gasteiger partial charge on any atom is 0.431 e. The van der Waals surface area contributed by atoms with E-state index in [1.165, 1.54) is 12.5 Å². The lowest BCUT2D eigenvalue weighted by Crippen LogP contribution is -2.09. The molecule has 3 heterocycles. The molecule has 0 saturated heterocycles. The van der Waals surface area contributed by atoms with E-state index >= 15 is 0 Å². The number of nitrogens with one attached hydrogen (secondary N) is 1. The standard InChI is InChI=1S/C7H6O.C6H5F3N2S/c1-3-7-4-2-6(1)5-8-7;1-3-10-4(6(7,8)9)2-5(12)11-3/h1-4H,5H2;2H,1H3,(H,10,11,12). The van der Waals surface area contributed by atoms with Gasteiger partial charge >= 0.3 is 6.18 Å². The molecule has 0 spiro atoms. The van der Waals surface area contributed by atoms with Crippen molar-refractivity contribution in [1.29, 1.82) is 0 Å². The second-order valence-corrected chi connectivity index (χ2v) is 4.57. The second kappa shape index (κ2) is 5.62. The van der Waals surface area contributed by atoms with Crippen molar-refractivity contribution < 1.29 is 17.9 Å². The second-order valence-electron chi connectivity index (χ2n) is 4.15. The third kappa shape index (κ3) is 3.80. The van der Waals surface area contributed by atoms with Crippen molar-refractivity contribution in [2.45, 2.75) is 19.7 Å². The molecule has 0 amide bonds. The Morgan fingerprint density at radius 1 is 1.25 bits per heavy atom. The number of rotatable bonds is 0. The fourth-order valence-corrected chi connectivity index (χ4v) is 1.84. The van der Waals surface area contributed by atoms with Crippen molar-refractivity contribution in [3.63, 3.8) is 0 Å². The fourth-order valence-electron chi connectivity index (χ4n) is 1.58. The molecule has 0 atom stereocenters. The van der Waals surface area contributed by atoms with Crippen LogP contribution >= 0.6 is 12.2 Å². The average molecular weight is 300 g/mol. The Morgan fingerprint density at radius 2 is 1.90 bits per heavy atom. The molecule has 2 bridgehead atoms. The van der Waals surface area contributed by atoms with Gasteiger partial charge in [-0.15, -0.1) is 0 Å². The first-order valence-corrected chi connectivity index (χ1v) is 6.12. The van der Waals surface area contributed by atoms with Gasteiger partial charge in [0, 0.05) is 6.07 Å². The maximum absolute atomic E-state index is 12.0. The number of alkyl halides is 3. The number of hydrogen-bond donors (Lipinski definition) is 1. The highest BCUT2D eigenvalue weighted by molar-refractivity contribution is 7.71. The van der Waals surface area contributed by atoms with Gasteiger partial charge in [-0.25, -0.2) is 4.98 Å². The molecular formula is C13H11F3N2OS. The molecule has 0 radical (unpaired) electrons. The van der Waals surface area contributed by atoms with Crippen molar-refractivity contribution >= 4 is 12.2 Å². The van der Waals surface area contributed by atoms with Gasteiger partial charge in [0.1, 0.15) is 28.5 Å². The van der Waals surface area contributed by atoms with Gasteiger partial charge in [-0.2, -0.15) is 13.2 Å². The van der Waals surface area contributed by atoms with Crippen LogP contribution < -0.4 is 4.74 Å². The summed E-state index contributed by atoms with van der Waals surface area (Å²) >= 11 is 4.52. The van der Waals surface area contributed by atoms with Gasteiger partial charge in [-0.05, 0) is 24.6 Å². The average Bonchev–Trinajstić information content (AvgIpc) is 2.39. The predicted molar refractivity (Wildman–Crippen MR) is 69.9 cm³/mol. The zero-order valence-electron chi connectivity index (χ0n) is 10.5. The fraction of sp³-hybridized carbons (Fsp3) is 0.231. The summed E-state index contributed by atoms with van der Waals surface area (Å²) in [5.74, 6) is 1.15. The normalized spacial score (nSPS) is 12.4. The topological polar surface area (TPSA) is 37.9 Å². The largest absolute Gasteiger partial charge is 0.489 e. The molecule has 2 aliphatic rings. The number of hydrogen-bond acceptors (Lipinski definition) is 3. The molecule has 7 heteroatoms. The maximum atomic E-state index is 12.0. The number of ether oxygens (including phenoxy) is 1. The minimum absolute atomic E-state index is 0.0569. The van der Waals surface area contributed by atoms with Crippen molar-refractivity contribution in [2.75, 3.05) is 0 Å². The van der Waals surface area contributed by atoms with Crippen LogP contribution in [0.4, 0.5) is 13.2 Å². The Bertz CT molecular complexity index is 627. The van der Waals surface area contributed by atoms with Crippen LogP contribution in [-0.2, 0) is 12.8 Å². The number of aromatic nitrogens is 2. The van der Waals surface area contributed by atoms with E-state index < -0.39 is 11.9 Å². The number of nitrogens with zero attached hydrogens (tertiary/aromatic N) is 1. The molecule has 0 unspecified atom stereocenters. The highest BCUT2D eigenvalue weighted by Gasteiger charge is 2.31. The molecule has 1 aromatic heterocycles. The van der Waals surface area contributed by atoms with Gasteiger partial charge in [0.15, 0.2) is 0 Å². The van der Waals surface area contributed by atoms with Crippen molar-refractivity contribution in [1.82, 2.24) is 9.97 Å². The third-order valence-corrected chi connectivity index (χ3v) is 2.70. The Labute approximate surface area is 118 Å². The molecule has 1 N–H and O–H groups in total. The number of H-pyrrole nitrogens is 1. The smallest absolute Gasteiger partial charge is 0.431 e. The number of fused-ring (bicyclic) bond motifs is 3. The summed E-state index contributed by atoms with van der Waals surface area (Å²) in [6.07, 6.45) is -4.39. The lowest BCUT2D eigenvalue weighted by atomic mass is 10.2. The Hall–Kier alpha value is -1.89. The van der Waals surface area contributed by atoms with Crippen LogP contribution in [0.5, 0.6) is 5.75 Å². The molecule has 0 fully saturated rings. The SMILES string of the molecule is Cc1nc(=S)cc(C(F)(F)F)[nH]1.c1cc2ccc1CO2. The summed E-state index contributed by atoms with van der Waals surface area (Å²) in [5.41, 5.74) is 0.403. The van der Waals surface area contributed by atoms with E-state index in [0.29, 0.717) is 0 Å².